The average molecular weight is 974 g/mol. The van der Waals surface area contributed by atoms with E-state index in [1.165, 1.54) is 257 Å². The molecule has 0 aromatic rings. The molecule has 0 aromatic heterocycles. The van der Waals surface area contributed by atoms with E-state index in [-0.39, 0.29) is 31.1 Å². The van der Waals surface area contributed by atoms with Crippen LogP contribution in [0.5, 0.6) is 0 Å². The van der Waals surface area contributed by atoms with Crippen LogP contribution in [0.15, 0.2) is 12.2 Å². The largest absolute Gasteiger partial charge is 0.462 e. The third-order valence-corrected chi connectivity index (χ3v) is 14.3. The fraction of sp³-hybridized carbons (Fsp3) is 0.921. The lowest BCUT2D eigenvalue weighted by molar-refractivity contribution is -0.167. The van der Waals surface area contributed by atoms with Crippen LogP contribution in [0.1, 0.15) is 355 Å². The first-order valence-electron chi connectivity index (χ1n) is 31.2. The van der Waals surface area contributed by atoms with Crippen LogP contribution in [0.2, 0.25) is 0 Å². The number of unbranched alkanes of at least 4 members (excludes halogenated alkanes) is 45. The van der Waals surface area contributed by atoms with Crippen LogP contribution in [0.3, 0.4) is 0 Å². The molecule has 6 nitrogen and oxygen atoms in total. The van der Waals surface area contributed by atoms with Gasteiger partial charge in [-0.1, -0.05) is 303 Å². The van der Waals surface area contributed by atoms with Crippen LogP contribution in [0.4, 0.5) is 0 Å². The van der Waals surface area contributed by atoms with E-state index in [4.69, 9.17) is 14.2 Å². The van der Waals surface area contributed by atoms with Gasteiger partial charge in [0.05, 0.1) is 0 Å². The molecule has 0 unspecified atom stereocenters. The second-order valence-electron chi connectivity index (χ2n) is 21.3. The van der Waals surface area contributed by atoms with Crippen molar-refractivity contribution in [2.45, 2.75) is 361 Å². The van der Waals surface area contributed by atoms with Gasteiger partial charge < -0.3 is 14.2 Å². The smallest absolute Gasteiger partial charge is 0.306 e. The van der Waals surface area contributed by atoms with Crippen molar-refractivity contribution >= 4 is 17.9 Å². The van der Waals surface area contributed by atoms with Gasteiger partial charge in [-0.3, -0.25) is 14.4 Å². The lowest BCUT2D eigenvalue weighted by Crippen LogP contribution is -2.30. The van der Waals surface area contributed by atoms with Crippen molar-refractivity contribution in [1.82, 2.24) is 0 Å². The third-order valence-electron chi connectivity index (χ3n) is 14.3. The molecular formula is C63H120O6. The Morgan fingerprint density at radius 2 is 0.478 bits per heavy atom. The van der Waals surface area contributed by atoms with Crippen molar-refractivity contribution in [2.75, 3.05) is 13.2 Å². The zero-order valence-electron chi connectivity index (χ0n) is 46.9. The summed E-state index contributed by atoms with van der Waals surface area (Å²) in [6.45, 7) is 6.71. The van der Waals surface area contributed by atoms with Crippen molar-refractivity contribution < 1.29 is 28.6 Å². The van der Waals surface area contributed by atoms with Gasteiger partial charge in [-0.05, 0) is 44.9 Å². The summed E-state index contributed by atoms with van der Waals surface area (Å²) in [6.07, 6.45) is 67.8. The Labute approximate surface area is 431 Å². The van der Waals surface area contributed by atoms with Crippen LogP contribution in [0, 0.1) is 0 Å². The maximum atomic E-state index is 12.9. The minimum atomic E-state index is -0.767. The Bertz CT molecular complexity index is 1070. The predicted octanol–water partition coefficient (Wildman–Crippen LogP) is 20.9. The number of rotatable bonds is 58. The summed E-state index contributed by atoms with van der Waals surface area (Å²) in [4.78, 5) is 38.3. The monoisotopic (exact) mass is 973 g/mol. The zero-order valence-corrected chi connectivity index (χ0v) is 46.9. The Hall–Kier alpha value is -1.85. The molecule has 0 aromatic carbocycles. The molecule has 69 heavy (non-hydrogen) atoms. The van der Waals surface area contributed by atoms with Gasteiger partial charge in [0.25, 0.3) is 0 Å². The Kier molecular flexibility index (Phi) is 57.1. The SMILES string of the molecule is CCCCCCCCC=CCCCCCCCCCC(=O)OC[C@@H](COC(=O)CCCCCCCCCCCCCCCCCCC)OC(=O)CCCCCCCCCCCCCCCCCCC. The molecule has 0 aliphatic carbocycles. The number of carbonyl (C=O) groups is 3. The van der Waals surface area contributed by atoms with E-state index < -0.39 is 6.10 Å². The summed E-state index contributed by atoms with van der Waals surface area (Å²) in [7, 11) is 0. The highest BCUT2D eigenvalue weighted by atomic mass is 16.6. The van der Waals surface area contributed by atoms with E-state index in [1.54, 1.807) is 0 Å². The Balaban J connectivity index is 4.31. The van der Waals surface area contributed by atoms with Gasteiger partial charge in [-0.15, -0.1) is 0 Å². The fourth-order valence-corrected chi connectivity index (χ4v) is 9.56. The average Bonchev–Trinajstić information content (AvgIpc) is 3.35. The number of carbonyl (C=O) groups excluding carboxylic acids is 3. The molecule has 0 bridgehead atoms. The molecule has 0 rings (SSSR count). The second kappa shape index (κ2) is 58.7. The maximum absolute atomic E-state index is 12.9. The predicted molar refractivity (Wildman–Crippen MR) is 298 cm³/mol. The molecule has 1 atom stereocenters. The van der Waals surface area contributed by atoms with Crippen LogP contribution in [0.25, 0.3) is 0 Å². The molecule has 0 amide bonds. The molecule has 408 valence electrons. The normalized spacial score (nSPS) is 12.0. The molecule has 0 saturated heterocycles. The Morgan fingerprint density at radius 1 is 0.275 bits per heavy atom. The van der Waals surface area contributed by atoms with Gasteiger partial charge in [-0.25, -0.2) is 0 Å². The molecule has 0 spiro atoms. The number of esters is 3. The quantitative estimate of drug-likeness (QED) is 0.0261. The third kappa shape index (κ3) is 56.9. The summed E-state index contributed by atoms with van der Waals surface area (Å²) in [5.74, 6) is -0.839. The summed E-state index contributed by atoms with van der Waals surface area (Å²) < 4.78 is 16.9. The maximum Gasteiger partial charge on any atom is 0.306 e. The zero-order chi connectivity index (χ0) is 50.0. The highest BCUT2D eigenvalue weighted by Gasteiger charge is 2.19. The summed E-state index contributed by atoms with van der Waals surface area (Å²) in [5, 5.41) is 0. The minimum Gasteiger partial charge on any atom is -0.462 e. The molecule has 6 heteroatoms. The highest BCUT2D eigenvalue weighted by molar-refractivity contribution is 5.71. The van der Waals surface area contributed by atoms with E-state index >= 15 is 0 Å². The van der Waals surface area contributed by atoms with Gasteiger partial charge in [0, 0.05) is 19.3 Å². The summed E-state index contributed by atoms with van der Waals surface area (Å²) in [5.41, 5.74) is 0. The lowest BCUT2D eigenvalue weighted by Gasteiger charge is -2.18. The molecule has 0 radical (unpaired) electrons. The minimum absolute atomic E-state index is 0.0647. The van der Waals surface area contributed by atoms with E-state index in [0.717, 1.165) is 57.8 Å². The Morgan fingerprint density at radius 3 is 0.725 bits per heavy atom. The topological polar surface area (TPSA) is 78.9 Å². The van der Waals surface area contributed by atoms with E-state index in [1.807, 2.05) is 0 Å². The van der Waals surface area contributed by atoms with Gasteiger partial charge in [0.1, 0.15) is 13.2 Å². The molecular weight excluding hydrogens is 853 g/mol. The molecule has 0 heterocycles. The van der Waals surface area contributed by atoms with Gasteiger partial charge in [0.15, 0.2) is 6.10 Å². The van der Waals surface area contributed by atoms with Crippen molar-refractivity contribution in [3.05, 3.63) is 12.2 Å². The van der Waals surface area contributed by atoms with Crippen LogP contribution in [-0.2, 0) is 28.6 Å². The first-order chi connectivity index (χ1) is 34.0. The van der Waals surface area contributed by atoms with E-state index in [9.17, 15) is 14.4 Å². The standard InChI is InChI=1S/C63H120O6/c1-4-7-10-13-16-19-22-25-28-31-34-37-40-43-46-49-52-55-61(64)67-58-60(69-63(66)57-54-51-48-45-42-39-36-33-30-27-24-21-18-15-12-9-6-3)59-68-62(65)56-53-50-47-44-41-38-35-32-29-26-23-20-17-14-11-8-5-2/h25,28,60H,4-24,26-27,29-59H2,1-3H3/t60-/m0/s1. The van der Waals surface area contributed by atoms with Crippen molar-refractivity contribution in [3.63, 3.8) is 0 Å². The highest BCUT2D eigenvalue weighted by Crippen LogP contribution is 2.18. The summed E-state index contributed by atoms with van der Waals surface area (Å²) >= 11 is 0. The molecule has 0 saturated carbocycles. The summed E-state index contributed by atoms with van der Waals surface area (Å²) in [6, 6.07) is 0. The molecule has 0 N–H and O–H groups in total. The van der Waals surface area contributed by atoms with Gasteiger partial charge in [-0.2, -0.15) is 0 Å². The van der Waals surface area contributed by atoms with Gasteiger partial charge in [0.2, 0.25) is 0 Å². The second-order valence-corrected chi connectivity index (χ2v) is 21.3. The number of allylic oxidation sites excluding steroid dienone is 2. The van der Waals surface area contributed by atoms with E-state index in [0.29, 0.717) is 19.3 Å². The van der Waals surface area contributed by atoms with Crippen molar-refractivity contribution in [3.8, 4) is 0 Å². The van der Waals surface area contributed by atoms with Crippen LogP contribution in [-0.4, -0.2) is 37.2 Å². The number of ether oxygens (including phenoxy) is 3. The molecule has 0 aliphatic heterocycles. The van der Waals surface area contributed by atoms with Crippen LogP contribution < -0.4 is 0 Å². The van der Waals surface area contributed by atoms with Crippen molar-refractivity contribution in [2.24, 2.45) is 0 Å². The fourth-order valence-electron chi connectivity index (χ4n) is 9.56. The number of hydrogen-bond donors (Lipinski definition) is 0. The first-order valence-corrected chi connectivity index (χ1v) is 31.2. The van der Waals surface area contributed by atoms with E-state index in [2.05, 4.69) is 32.9 Å². The molecule has 0 fully saturated rings. The van der Waals surface area contributed by atoms with Crippen molar-refractivity contribution in [1.29, 1.82) is 0 Å². The lowest BCUT2D eigenvalue weighted by atomic mass is 10.0. The molecule has 0 aliphatic rings. The van der Waals surface area contributed by atoms with Gasteiger partial charge >= 0.3 is 17.9 Å². The van der Waals surface area contributed by atoms with Crippen LogP contribution >= 0.6 is 0 Å². The first kappa shape index (κ1) is 67.1. The number of hydrogen-bond acceptors (Lipinski definition) is 6.